The summed E-state index contributed by atoms with van der Waals surface area (Å²) in [7, 11) is 1.52. The zero-order valence-electron chi connectivity index (χ0n) is 14.8. The van der Waals surface area contributed by atoms with Gasteiger partial charge in [-0.3, -0.25) is 4.79 Å². The lowest BCUT2D eigenvalue weighted by molar-refractivity contribution is 0.101. The van der Waals surface area contributed by atoms with E-state index in [2.05, 4.69) is 10.4 Å². The van der Waals surface area contributed by atoms with Gasteiger partial charge in [0.2, 0.25) is 0 Å². The predicted molar refractivity (Wildman–Crippen MR) is 100 cm³/mol. The number of carbonyl (C=O) groups excluding carboxylic acids is 1. The quantitative estimate of drug-likeness (QED) is 0.701. The average molecular weight is 351 g/mol. The fraction of sp³-hybridized carbons (Fsp3) is 0.200. The molecule has 0 saturated carbocycles. The van der Waals surface area contributed by atoms with Gasteiger partial charge in [0.25, 0.3) is 5.91 Å². The number of hydrogen-bond donors (Lipinski definition) is 1. The summed E-state index contributed by atoms with van der Waals surface area (Å²) in [5.41, 5.74) is 1.70. The van der Waals surface area contributed by atoms with E-state index < -0.39 is 0 Å². The zero-order valence-corrected chi connectivity index (χ0v) is 14.8. The van der Waals surface area contributed by atoms with Crippen molar-refractivity contribution in [3.63, 3.8) is 0 Å². The van der Waals surface area contributed by atoms with Crippen LogP contribution in [0.5, 0.6) is 11.5 Å². The average Bonchev–Trinajstić information content (AvgIpc) is 3.12. The summed E-state index contributed by atoms with van der Waals surface area (Å²) in [6.45, 7) is 2.67. The minimum atomic E-state index is -0.343. The molecule has 1 amide bonds. The summed E-state index contributed by atoms with van der Waals surface area (Å²) in [5.74, 6) is 0.778. The molecular formula is C20H21N3O3. The molecule has 0 bridgehead atoms. The van der Waals surface area contributed by atoms with Crippen molar-refractivity contribution in [2.24, 2.45) is 0 Å². The Hall–Kier alpha value is -3.28. The van der Waals surface area contributed by atoms with Crippen LogP contribution in [0.2, 0.25) is 0 Å². The highest BCUT2D eigenvalue weighted by Crippen LogP contribution is 2.22. The topological polar surface area (TPSA) is 65.4 Å². The Kier molecular flexibility index (Phi) is 5.53. The van der Waals surface area contributed by atoms with Gasteiger partial charge in [0, 0.05) is 11.8 Å². The van der Waals surface area contributed by atoms with Crippen LogP contribution in [0.4, 0.5) is 5.69 Å². The smallest absolute Gasteiger partial charge is 0.280 e. The van der Waals surface area contributed by atoms with Crippen molar-refractivity contribution in [3.8, 4) is 17.2 Å². The predicted octanol–water partition coefficient (Wildman–Crippen LogP) is 3.92. The molecule has 6 nitrogen and oxygen atoms in total. The fourth-order valence-corrected chi connectivity index (χ4v) is 2.45. The molecule has 0 radical (unpaired) electrons. The van der Waals surface area contributed by atoms with Gasteiger partial charge in [0.15, 0.2) is 11.4 Å². The Morgan fingerprint density at radius 1 is 1.15 bits per heavy atom. The molecule has 26 heavy (non-hydrogen) atoms. The summed E-state index contributed by atoms with van der Waals surface area (Å²) >= 11 is 0. The van der Waals surface area contributed by atoms with E-state index in [0.717, 1.165) is 12.1 Å². The van der Waals surface area contributed by atoms with E-state index in [-0.39, 0.29) is 11.6 Å². The van der Waals surface area contributed by atoms with E-state index >= 15 is 0 Å². The molecule has 134 valence electrons. The number of nitrogens with one attached hydrogen (secondary N) is 1. The SMILES string of the molecule is CCCOc1cccc(NC(=O)c2nn(-c3ccccc3)cc2OC)c1. The molecule has 0 aliphatic carbocycles. The van der Waals surface area contributed by atoms with Gasteiger partial charge < -0.3 is 14.8 Å². The normalized spacial score (nSPS) is 10.4. The van der Waals surface area contributed by atoms with E-state index in [1.807, 2.05) is 49.4 Å². The highest BCUT2D eigenvalue weighted by Gasteiger charge is 2.18. The van der Waals surface area contributed by atoms with Gasteiger partial charge in [-0.1, -0.05) is 31.2 Å². The number of para-hydroxylation sites is 1. The molecule has 0 aliphatic rings. The molecular weight excluding hydrogens is 330 g/mol. The Morgan fingerprint density at radius 2 is 1.96 bits per heavy atom. The van der Waals surface area contributed by atoms with Crippen LogP contribution in [0, 0.1) is 0 Å². The van der Waals surface area contributed by atoms with E-state index in [1.165, 1.54) is 7.11 Å². The molecule has 1 N–H and O–H groups in total. The van der Waals surface area contributed by atoms with Crippen molar-refractivity contribution >= 4 is 11.6 Å². The van der Waals surface area contributed by atoms with Crippen LogP contribution in [-0.4, -0.2) is 29.4 Å². The first-order valence-corrected chi connectivity index (χ1v) is 8.44. The molecule has 1 heterocycles. The number of rotatable bonds is 7. The minimum Gasteiger partial charge on any atom is -0.494 e. The van der Waals surface area contributed by atoms with Crippen molar-refractivity contribution < 1.29 is 14.3 Å². The molecule has 3 aromatic rings. The Bertz CT molecular complexity index is 875. The van der Waals surface area contributed by atoms with Gasteiger partial charge in [0.05, 0.1) is 25.6 Å². The maximum atomic E-state index is 12.7. The fourth-order valence-electron chi connectivity index (χ4n) is 2.45. The van der Waals surface area contributed by atoms with Crippen LogP contribution in [-0.2, 0) is 0 Å². The number of nitrogens with zero attached hydrogens (tertiary/aromatic N) is 2. The lowest BCUT2D eigenvalue weighted by Crippen LogP contribution is -2.14. The Balaban J connectivity index is 1.80. The number of anilines is 1. The van der Waals surface area contributed by atoms with Gasteiger partial charge in [-0.2, -0.15) is 5.10 Å². The van der Waals surface area contributed by atoms with Crippen molar-refractivity contribution in [1.29, 1.82) is 0 Å². The van der Waals surface area contributed by atoms with E-state index in [4.69, 9.17) is 9.47 Å². The minimum absolute atomic E-state index is 0.219. The number of carbonyl (C=O) groups is 1. The highest BCUT2D eigenvalue weighted by molar-refractivity contribution is 6.04. The molecule has 3 rings (SSSR count). The van der Waals surface area contributed by atoms with E-state index in [0.29, 0.717) is 23.8 Å². The lowest BCUT2D eigenvalue weighted by atomic mass is 10.3. The molecule has 1 aromatic heterocycles. The third-order valence-electron chi connectivity index (χ3n) is 3.70. The molecule has 0 fully saturated rings. The van der Waals surface area contributed by atoms with Gasteiger partial charge >= 0.3 is 0 Å². The number of aromatic nitrogens is 2. The number of methoxy groups -OCH3 is 1. The van der Waals surface area contributed by atoms with Gasteiger partial charge in [-0.25, -0.2) is 4.68 Å². The van der Waals surface area contributed by atoms with Crippen LogP contribution >= 0.6 is 0 Å². The molecule has 2 aromatic carbocycles. The summed E-state index contributed by atoms with van der Waals surface area (Å²) < 4.78 is 12.5. The molecule has 0 unspecified atom stereocenters. The third-order valence-corrected chi connectivity index (χ3v) is 3.70. The summed E-state index contributed by atoms with van der Waals surface area (Å²) in [5, 5.41) is 7.21. The first-order valence-electron chi connectivity index (χ1n) is 8.44. The maximum absolute atomic E-state index is 12.7. The first kappa shape index (κ1) is 17.5. The van der Waals surface area contributed by atoms with E-state index in [9.17, 15) is 4.79 Å². The second-order valence-electron chi connectivity index (χ2n) is 5.66. The van der Waals surface area contributed by atoms with Crippen molar-refractivity contribution in [2.75, 3.05) is 19.0 Å². The Morgan fingerprint density at radius 3 is 2.69 bits per heavy atom. The zero-order chi connectivity index (χ0) is 18.4. The molecule has 6 heteroatoms. The number of hydrogen-bond acceptors (Lipinski definition) is 4. The van der Waals surface area contributed by atoms with Crippen LogP contribution in [0.3, 0.4) is 0 Å². The van der Waals surface area contributed by atoms with Gasteiger partial charge in [0.1, 0.15) is 5.75 Å². The van der Waals surface area contributed by atoms with Gasteiger partial charge in [-0.05, 0) is 30.7 Å². The van der Waals surface area contributed by atoms with Crippen molar-refractivity contribution in [1.82, 2.24) is 9.78 Å². The van der Waals surface area contributed by atoms with Crippen LogP contribution in [0.25, 0.3) is 5.69 Å². The van der Waals surface area contributed by atoms with Crippen LogP contribution in [0.15, 0.2) is 60.8 Å². The standard InChI is InChI=1S/C20H21N3O3/c1-3-12-26-17-11-7-8-15(13-17)21-20(24)19-18(25-2)14-23(22-19)16-9-5-4-6-10-16/h4-11,13-14H,3,12H2,1-2H3,(H,21,24). The molecule has 0 aliphatic heterocycles. The van der Waals surface area contributed by atoms with Crippen LogP contribution in [0.1, 0.15) is 23.8 Å². The van der Waals surface area contributed by atoms with Crippen molar-refractivity contribution in [2.45, 2.75) is 13.3 Å². The molecule has 0 saturated heterocycles. The number of benzene rings is 2. The number of amides is 1. The van der Waals surface area contributed by atoms with E-state index in [1.54, 1.807) is 23.0 Å². The van der Waals surface area contributed by atoms with Gasteiger partial charge in [-0.15, -0.1) is 0 Å². The number of ether oxygens (including phenoxy) is 2. The van der Waals surface area contributed by atoms with Crippen LogP contribution < -0.4 is 14.8 Å². The molecule has 0 spiro atoms. The maximum Gasteiger partial charge on any atom is 0.280 e. The molecule has 0 atom stereocenters. The first-order chi connectivity index (χ1) is 12.7. The second kappa shape index (κ2) is 8.20. The monoisotopic (exact) mass is 351 g/mol. The highest BCUT2D eigenvalue weighted by atomic mass is 16.5. The third kappa shape index (κ3) is 4.03. The summed E-state index contributed by atoms with van der Waals surface area (Å²) in [4.78, 5) is 12.7. The van der Waals surface area contributed by atoms with Crippen molar-refractivity contribution in [3.05, 3.63) is 66.5 Å². The summed E-state index contributed by atoms with van der Waals surface area (Å²) in [6, 6.07) is 16.8. The summed E-state index contributed by atoms with van der Waals surface area (Å²) in [6.07, 6.45) is 2.61. The second-order valence-corrected chi connectivity index (χ2v) is 5.66. The Labute approximate surface area is 152 Å². The largest absolute Gasteiger partial charge is 0.494 e. The lowest BCUT2D eigenvalue weighted by Gasteiger charge is -2.08.